The summed E-state index contributed by atoms with van der Waals surface area (Å²) in [6, 6.07) is 6.82. The van der Waals surface area contributed by atoms with Gasteiger partial charge in [-0.1, -0.05) is 43.2 Å². The van der Waals surface area contributed by atoms with Gasteiger partial charge in [0.2, 0.25) is 5.91 Å². The van der Waals surface area contributed by atoms with Crippen molar-refractivity contribution in [1.82, 2.24) is 24.6 Å². The number of aromatic nitrogens is 3. The van der Waals surface area contributed by atoms with E-state index in [-0.39, 0.29) is 29.6 Å². The van der Waals surface area contributed by atoms with Crippen LogP contribution >= 0.6 is 11.8 Å². The minimum Gasteiger partial charge on any atom is -0.450 e. The van der Waals surface area contributed by atoms with Gasteiger partial charge in [0.15, 0.2) is 11.0 Å². The lowest BCUT2D eigenvalue weighted by Gasteiger charge is -2.34. The molecule has 2 amide bonds. The molecular formula is C23H30FN5O3S. The molecule has 0 unspecified atom stereocenters. The van der Waals surface area contributed by atoms with Crippen LogP contribution < -0.4 is 0 Å². The van der Waals surface area contributed by atoms with E-state index in [0.29, 0.717) is 49.3 Å². The van der Waals surface area contributed by atoms with E-state index in [1.807, 2.05) is 4.57 Å². The van der Waals surface area contributed by atoms with Gasteiger partial charge in [-0.05, 0) is 31.9 Å². The average molecular weight is 476 g/mol. The SMILES string of the molecule is CCOC(=O)N1CCN(C(=O)CSc2nnc(-c3ccccc3F)n2C2CCCCC2)CC1. The molecule has 0 radical (unpaired) electrons. The van der Waals surface area contributed by atoms with Crippen LogP contribution in [0.5, 0.6) is 0 Å². The monoisotopic (exact) mass is 475 g/mol. The second kappa shape index (κ2) is 11.0. The van der Waals surface area contributed by atoms with Crippen LogP contribution in [0, 0.1) is 5.82 Å². The molecule has 0 spiro atoms. The number of halogens is 1. The first kappa shape index (κ1) is 23.5. The maximum Gasteiger partial charge on any atom is 0.409 e. The van der Waals surface area contributed by atoms with Crippen molar-refractivity contribution in [2.24, 2.45) is 0 Å². The van der Waals surface area contributed by atoms with E-state index in [4.69, 9.17) is 4.74 Å². The molecule has 2 aliphatic rings. The third-order valence-electron chi connectivity index (χ3n) is 6.20. The number of ether oxygens (including phenoxy) is 1. The Labute approximate surface area is 197 Å². The van der Waals surface area contributed by atoms with Crippen LogP contribution in [-0.2, 0) is 9.53 Å². The van der Waals surface area contributed by atoms with E-state index in [1.165, 1.54) is 24.2 Å². The Hall–Kier alpha value is -2.62. The Morgan fingerprint density at radius 1 is 1.06 bits per heavy atom. The van der Waals surface area contributed by atoms with Crippen LogP contribution in [0.2, 0.25) is 0 Å². The van der Waals surface area contributed by atoms with Gasteiger partial charge in [0, 0.05) is 32.2 Å². The fourth-order valence-corrected chi connectivity index (χ4v) is 5.35. The summed E-state index contributed by atoms with van der Waals surface area (Å²) in [5.41, 5.74) is 0.434. The van der Waals surface area contributed by atoms with E-state index in [1.54, 1.807) is 34.9 Å². The Balaban J connectivity index is 1.44. The highest BCUT2D eigenvalue weighted by Gasteiger charge is 2.28. The third kappa shape index (κ3) is 5.48. The molecule has 4 rings (SSSR count). The Morgan fingerprint density at radius 2 is 1.76 bits per heavy atom. The van der Waals surface area contributed by atoms with Gasteiger partial charge in [0.25, 0.3) is 0 Å². The minimum atomic E-state index is -0.333. The van der Waals surface area contributed by atoms with E-state index in [9.17, 15) is 14.0 Å². The quantitative estimate of drug-likeness (QED) is 0.588. The summed E-state index contributed by atoms with van der Waals surface area (Å²) < 4.78 is 21.6. The number of hydrogen-bond donors (Lipinski definition) is 0. The number of thioether (sulfide) groups is 1. The topological polar surface area (TPSA) is 80.6 Å². The molecule has 8 nitrogen and oxygen atoms in total. The highest BCUT2D eigenvalue weighted by atomic mass is 32.2. The molecule has 1 aromatic heterocycles. The number of benzene rings is 1. The molecule has 33 heavy (non-hydrogen) atoms. The fourth-order valence-electron chi connectivity index (χ4n) is 4.44. The number of rotatable bonds is 6. The predicted molar refractivity (Wildman–Crippen MR) is 123 cm³/mol. The second-order valence-electron chi connectivity index (χ2n) is 8.30. The molecule has 2 fully saturated rings. The number of carbonyl (C=O) groups is 2. The van der Waals surface area contributed by atoms with Crippen LogP contribution in [0.1, 0.15) is 45.1 Å². The van der Waals surface area contributed by atoms with E-state index >= 15 is 0 Å². The molecular weight excluding hydrogens is 445 g/mol. The zero-order valence-electron chi connectivity index (χ0n) is 18.9. The summed E-state index contributed by atoms with van der Waals surface area (Å²) in [6.07, 6.45) is 5.10. The number of piperazine rings is 1. The van der Waals surface area contributed by atoms with Gasteiger partial charge in [0.1, 0.15) is 5.82 Å². The van der Waals surface area contributed by atoms with E-state index in [0.717, 1.165) is 25.7 Å². The lowest BCUT2D eigenvalue weighted by atomic mass is 9.95. The molecule has 1 aromatic carbocycles. The van der Waals surface area contributed by atoms with Crippen molar-refractivity contribution in [1.29, 1.82) is 0 Å². The highest BCUT2D eigenvalue weighted by molar-refractivity contribution is 7.99. The van der Waals surface area contributed by atoms with Gasteiger partial charge in [-0.25, -0.2) is 9.18 Å². The summed E-state index contributed by atoms with van der Waals surface area (Å²) >= 11 is 1.35. The summed E-state index contributed by atoms with van der Waals surface area (Å²) in [7, 11) is 0. The van der Waals surface area contributed by atoms with Gasteiger partial charge in [-0.3, -0.25) is 9.36 Å². The summed E-state index contributed by atoms with van der Waals surface area (Å²) in [4.78, 5) is 28.1. The Bertz CT molecular complexity index is 971. The van der Waals surface area contributed by atoms with Gasteiger partial charge in [-0.15, -0.1) is 10.2 Å². The zero-order valence-corrected chi connectivity index (χ0v) is 19.7. The first-order chi connectivity index (χ1) is 16.1. The van der Waals surface area contributed by atoms with Crippen molar-refractivity contribution in [2.45, 2.75) is 50.2 Å². The highest BCUT2D eigenvalue weighted by Crippen LogP contribution is 2.36. The Morgan fingerprint density at radius 3 is 2.45 bits per heavy atom. The van der Waals surface area contributed by atoms with Gasteiger partial charge >= 0.3 is 6.09 Å². The number of nitrogens with zero attached hydrogens (tertiary/aromatic N) is 5. The summed E-state index contributed by atoms with van der Waals surface area (Å²) in [6.45, 7) is 4.00. The molecule has 1 saturated carbocycles. The molecule has 1 saturated heterocycles. The second-order valence-corrected chi connectivity index (χ2v) is 9.25. The maximum atomic E-state index is 14.5. The first-order valence-electron chi connectivity index (χ1n) is 11.6. The molecule has 1 aliphatic carbocycles. The summed E-state index contributed by atoms with van der Waals surface area (Å²) in [5.74, 6) is 0.419. The van der Waals surface area contributed by atoms with E-state index in [2.05, 4.69) is 10.2 Å². The molecule has 1 aliphatic heterocycles. The van der Waals surface area contributed by atoms with Crippen LogP contribution in [0.15, 0.2) is 29.4 Å². The van der Waals surface area contributed by atoms with Crippen LogP contribution in [0.3, 0.4) is 0 Å². The van der Waals surface area contributed by atoms with Crippen LogP contribution in [0.25, 0.3) is 11.4 Å². The molecule has 10 heteroatoms. The predicted octanol–water partition coefficient (Wildman–Crippen LogP) is 3.98. The molecule has 0 N–H and O–H groups in total. The number of hydrogen-bond acceptors (Lipinski definition) is 6. The third-order valence-corrected chi connectivity index (χ3v) is 7.13. The molecule has 2 aromatic rings. The normalized spacial score (nSPS) is 17.3. The Kier molecular flexibility index (Phi) is 7.85. The molecule has 0 atom stereocenters. The van der Waals surface area contributed by atoms with Crippen molar-refractivity contribution < 1.29 is 18.7 Å². The van der Waals surface area contributed by atoms with Gasteiger partial charge in [-0.2, -0.15) is 0 Å². The smallest absolute Gasteiger partial charge is 0.409 e. The first-order valence-corrected chi connectivity index (χ1v) is 12.6. The fraction of sp³-hybridized carbons (Fsp3) is 0.565. The van der Waals surface area contributed by atoms with E-state index < -0.39 is 0 Å². The maximum absolute atomic E-state index is 14.5. The van der Waals surface area contributed by atoms with Gasteiger partial charge in [0.05, 0.1) is 17.9 Å². The number of amides is 2. The van der Waals surface area contributed by atoms with Crippen molar-refractivity contribution in [2.75, 3.05) is 38.5 Å². The summed E-state index contributed by atoms with van der Waals surface area (Å²) in [5, 5.41) is 9.33. The molecule has 178 valence electrons. The van der Waals surface area contributed by atoms with Gasteiger partial charge < -0.3 is 14.5 Å². The lowest BCUT2D eigenvalue weighted by molar-refractivity contribution is -0.129. The lowest BCUT2D eigenvalue weighted by Crippen LogP contribution is -2.51. The van der Waals surface area contributed by atoms with Crippen LogP contribution in [0.4, 0.5) is 9.18 Å². The minimum absolute atomic E-state index is 0.00542. The van der Waals surface area contributed by atoms with Crippen molar-refractivity contribution in [3.05, 3.63) is 30.1 Å². The largest absolute Gasteiger partial charge is 0.450 e. The van der Waals surface area contributed by atoms with Crippen LogP contribution in [-0.4, -0.2) is 75.1 Å². The van der Waals surface area contributed by atoms with Crippen molar-refractivity contribution in [3.63, 3.8) is 0 Å². The standard InChI is InChI=1S/C23H30FN5O3S/c1-2-32-23(31)28-14-12-27(13-15-28)20(30)16-33-22-26-25-21(18-10-6-7-11-19(18)24)29(22)17-8-4-3-5-9-17/h6-7,10-11,17H,2-5,8-9,12-16H2,1H3. The molecule has 0 bridgehead atoms. The zero-order chi connectivity index (χ0) is 23.2. The van der Waals surface area contributed by atoms with Crippen molar-refractivity contribution >= 4 is 23.8 Å². The number of carbonyl (C=O) groups excluding carboxylic acids is 2. The molecule has 2 heterocycles. The average Bonchev–Trinajstić information content (AvgIpc) is 3.27. The van der Waals surface area contributed by atoms with Crippen molar-refractivity contribution in [3.8, 4) is 11.4 Å².